The van der Waals surface area contributed by atoms with E-state index in [1.165, 1.54) is 11.3 Å². The van der Waals surface area contributed by atoms with Crippen LogP contribution >= 0.6 is 11.3 Å². The highest BCUT2D eigenvalue weighted by Crippen LogP contribution is 2.23. The van der Waals surface area contributed by atoms with E-state index in [0.717, 1.165) is 44.2 Å². The molecule has 1 fully saturated rings. The normalized spacial score (nSPS) is 14.5. The number of rotatable bonds is 8. The van der Waals surface area contributed by atoms with Crippen molar-refractivity contribution in [2.75, 3.05) is 51.7 Å². The van der Waals surface area contributed by atoms with Crippen LogP contribution in [0.2, 0.25) is 0 Å². The van der Waals surface area contributed by atoms with Gasteiger partial charge >= 0.3 is 0 Å². The van der Waals surface area contributed by atoms with Crippen LogP contribution in [0.15, 0.2) is 29.6 Å². The van der Waals surface area contributed by atoms with Gasteiger partial charge in [-0.05, 0) is 18.7 Å². The number of aromatic nitrogens is 1. The lowest BCUT2D eigenvalue weighted by Gasteiger charge is -2.34. The summed E-state index contributed by atoms with van der Waals surface area (Å²) in [6.07, 6.45) is 0.302. The van der Waals surface area contributed by atoms with E-state index in [1.54, 1.807) is 12.5 Å². The van der Waals surface area contributed by atoms with Crippen molar-refractivity contribution < 1.29 is 14.3 Å². The number of thiazole rings is 1. The highest BCUT2D eigenvalue weighted by Gasteiger charge is 2.20. The molecule has 0 unspecified atom stereocenters. The minimum atomic E-state index is -0.274. The van der Waals surface area contributed by atoms with Crippen molar-refractivity contribution in [2.45, 2.75) is 13.3 Å². The topological polar surface area (TPSA) is 86.8 Å². The number of hydrogen-bond donors (Lipinski definition) is 2. The van der Waals surface area contributed by atoms with Gasteiger partial charge in [0.05, 0.1) is 7.11 Å². The summed E-state index contributed by atoms with van der Waals surface area (Å²) in [5.74, 6) is 0.550. The van der Waals surface area contributed by atoms with Crippen LogP contribution in [-0.2, 0) is 4.79 Å². The molecule has 29 heavy (non-hydrogen) atoms. The van der Waals surface area contributed by atoms with Crippen molar-refractivity contribution in [3.8, 4) is 5.75 Å². The van der Waals surface area contributed by atoms with Crippen molar-refractivity contribution in [3.63, 3.8) is 0 Å². The Morgan fingerprint density at radius 1 is 1.24 bits per heavy atom. The molecule has 1 aromatic heterocycles. The number of carbonyl (C=O) groups is 2. The molecular weight excluding hydrogens is 390 g/mol. The zero-order valence-electron chi connectivity index (χ0n) is 16.8. The zero-order valence-corrected chi connectivity index (χ0v) is 17.6. The Kier molecular flexibility index (Phi) is 7.42. The van der Waals surface area contributed by atoms with E-state index in [9.17, 15) is 9.59 Å². The number of benzene rings is 1. The molecular formula is C20H27N5O3S. The van der Waals surface area contributed by atoms with Gasteiger partial charge < -0.3 is 25.2 Å². The van der Waals surface area contributed by atoms with E-state index >= 15 is 0 Å². The highest BCUT2D eigenvalue weighted by atomic mass is 32.1. The fraction of sp³-hybridized carbons (Fsp3) is 0.450. The first kappa shape index (κ1) is 21.1. The molecule has 2 N–H and O–H groups in total. The van der Waals surface area contributed by atoms with Gasteiger partial charge in [-0.3, -0.25) is 9.59 Å². The lowest BCUT2D eigenvalue weighted by Crippen LogP contribution is -2.49. The Morgan fingerprint density at radius 3 is 2.76 bits per heavy atom. The van der Waals surface area contributed by atoms with E-state index in [0.29, 0.717) is 23.8 Å². The van der Waals surface area contributed by atoms with Crippen molar-refractivity contribution in [1.82, 2.24) is 20.1 Å². The van der Waals surface area contributed by atoms with Gasteiger partial charge in [-0.2, -0.15) is 0 Å². The highest BCUT2D eigenvalue weighted by molar-refractivity contribution is 7.14. The Balaban J connectivity index is 1.43. The summed E-state index contributed by atoms with van der Waals surface area (Å²) in [7, 11) is 1.61. The van der Waals surface area contributed by atoms with Gasteiger partial charge in [0.2, 0.25) is 5.91 Å². The molecule has 0 spiro atoms. The minimum absolute atomic E-state index is 0.0831. The van der Waals surface area contributed by atoms with Gasteiger partial charge in [0.1, 0.15) is 11.4 Å². The molecule has 0 aliphatic carbocycles. The van der Waals surface area contributed by atoms with E-state index in [4.69, 9.17) is 4.74 Å². The number of hydrogen-bond acceptors (Lipinski definition) is 7. The van der Waals surface area contributed by atoms with Gasteiger partial charge in [0.25, 0.3) is 5.91 Å². The van der Waals surface area contributed by atoms with Gasteiger partial charge in [-0.15, -0.1) is 11.3 Å². The summed E-state index contributed by atoms with van der Waals surface area (Å²) in [6, 6.07) is 7.49. The molecule has 156 valence electrons. The molecule has 1 saturated heterocycles. The number of carbonyl (C=O) groups excluding carboxylic acids is 2. The van der Waals surface area contributed by atoms with Crippen molar-refractivity contribution >= 4 is 34.0 Å². The number of amides is 2. The van der Waals surface area contributed by atoms with Gasteiger partial charge in [-0.1, -0.05) is 13.0 Å². The monoisotopic (exact) mass is 417 g/mol. The zero-order chi connectivity index (χ0) is 20.6. The summed E-state index contributed by atoms with van der Waals surface area (Å²) in [5, 5.41) is 8.26. The molecule has 2 heterocycles. The van der Waals surface area contributed by atoms with Crippen LogP contribution in [0.1, 0.15) is 23.8 Å². The van der Waals surface area contributed by atoms with Gasteiger partial charge in [0, 0.05) is 56.3 Å². The molecule has 2 aromatic rings. The van der Waals surface area contributed by atoms with Crippen LogP contribution < -0.4 is 15.4 Å². The summed E-state index contributed by atoms with van der Waals surface area (Å²) in [6.45, 7) is 6.79. The van der Waals surface area contributed by atoms with E-state index in [-0.39, 0.29) is 11.8 Å². The van der Waals surface area contributed by atoms with E-state index < -0.39 is 0 Å². The van der Waals surface area contributed by atoms with Crippen LogP contribution in [0.4, 0.5) is 10.8 Å². The average Bonchev–Trinajstić information content (AvgIpc) is 3.22. The summed E-state index contributed by atoms with van der Waals surface area (Å²) < 4.78 is 5.20. The predicted molar refractivity (Wildman–Crippen MR) is 114 cm³/mol. The average molecular weight is 418 g/mol. The molecule has 1 aromatic carbocycles. The van der Waals surface area contributed by atoms with E-state index in [1.807, 2.05) is 29.2 Å². The second kappa shape index (κ2) is 10.2. The van der Waals surface area contributed by atoms with Crippen molar-refractivity contribution in [1.29, 1.82) is 0 Å². The summed E-state index contributed by atoms with van der Waals surface area (Å²) in [4.78, 5) is 33.1. The third-order valence-corrected chi connectivity index (χ3v) is 5.61. The first-order chi connectivity index (χ1) is 14.1. The maximum absolute atomic E-state index is 12.3. The second-order valence-corrected chi connectivity index (χ2v) is 7.57. The maximum atomic E-state index is 12.3. The first-order valence-electron chi connectivity index (χ1n) is 9.74. The molecule has 0 radical (unpaired) electrons. The molecule has 0 bridgehead atoms. The molecule has 2 amide bonds. The SMILES string of the molecule is CCN1CCN(C(=O)CCNC(=O)c2csc(Nc3cccc(OC)c3)n2)CC1. The maximum Gasteiger partial charge on any atom is 0.270 e. The third-order valence-electron chi connectivity index (χ3n) is 4.85. The first-order valence-corrected chi connectivity index (χ1v) is 10.6. The summed E-state index contributed by atoms with van der Waals surface area (Å²) in [5.41, 5.74) is 1.17. The quantitative estimate of drug-likeness (QED) is 0.685. The number of nitrogens with one attached hydrogen (secondary N) is 2. The van der Waals surface area contributed by atoms with Crippen LogP contribution in [0, 0.1) is 0 Å². The lowest BCUT2D eigenvalue weighted by molar-refractivity contribution is -0.132. The molecule has 1 aliphatic rings. The van der Waals surface area contributed by atoms with Crippen LogP contribution in [0.25, 0.3) is 0 Å². The summed E-state index contributed by atoms with van der Waals surface area (Å²) >= 11 is 1.35. The Labute approximate surface area is 174 Å². The Hall–Kier alpha value is -2.65. The number of piperazine rings is 1. The van der Waals surface area contributed by atoms with Crippen LogP contribution in [0.5, 0.6) is 5.75 Å². The molecule has 0 atom stereocenters. The molecule has 0 saturated carbocycles. The Bertz CT molecular complexity index is 833. The molecule has 1 aliphatic heterocycles. The standard InChI is InChI=1S/C20H27N5O3S/c1-3-24-9-11-25(12-10-24)18(26)7-8-21-19(27)17-14-29-20(23-17)22-15-5-4-6-16(13-15)28-2/h4-6,13-14H,3,7-12H2,1-2H3,(H,21,27)(H,22,23). The smallest absolute Gasteiger partial charge is 0.270 e. The Morgan fingerprint density at radius 2 is 2.03 bits per heavy atom. The predicted octanol–water partition coefficient (Wildman–Crippen LogP) is 2.18. The number of ether oxygens (including phenoxy) is 1. The van der Waals surface area contributed by atoms with Crippen molar-refractivity contribution in [3.05, 3.63) is 35.3 Å². The largest absolute Gasteiger partial charge is 0.497 e. The second-order valence-electron chi connectivity index (χ2n) is 6.72. The molecule has 9 heteroatoms. The van der Waals surface area contributed by atoms with Gasteiger partial charge in [-0.25, -0.2) is 4.98 Å². The van der Waals surface area contributed by atoms with E-state index in [2.05, 4.69) is 27.4 Å². The fourth-order valence-corrected chi connectivity index (χ4v) is 3.82. The molecule has 3 rings (SSSR count). The molecule has 8 nitrogen and oxygen atoms in total. The number of likely N-dealkylation sites (N-methyl/N-ethyl adjacent to an activating group) is 1. The number of nitrogens with zero attached hydrogens (tertiary/aromatic N) is 3. The van der Waals surface area contributed by atoms with Crippen LogP contribution in [0.3, 0.4) is 0 Å². The van der Waals surface area contributed by atoms with Crippen LogP contribution in [-0.4, -0.2) is 73.0 Å². The van der Waals surface area contributed by atoms with Gasteiger partial charge in [0.15, 0.2) is 5.13 Å². The minimum Gasteiger partial charge on any atom is -0.497 e. The third kappa shape index (κ3) is 5.91. The number of anilines is 2. The van der Waals surface area contributed by atoms with Crippen molar-refractivity contribution in [2.24, 2.45) is 0 Å². The lowest BCUT2D eigenvalue weighted by atomic mass is 10.2. The fourth-order valence-electron chi connectivity index (χ4n) is 3.10. The number of methoxy groups -OCH3 is 1.